The zero-order valence-corrected chi connectivity index (χ0v) is 16.5. The number of aromatic hydroxyl groups is 1. The van der Waals surface area contributed by atoms with E-state index in [1.165, 1.54) is 6.07 Å². The molecule has 6 heteroatoms. The molecular weight excluding hydrogens is 390 g/mol. The van der Waals surface area contributed by atoms with Crippen LogP contribution < -0.4 is 10.1 Å². The SMILES string of the molecule is O=C(NC[C@@H](COCc1ccccc1)Oc1ccc(Cl)cc1)c1ccccc1O. The van der Waals surface area contributed by atoms with E-state index in [-0.39, 0.29) is 30.4 Å². The zero-order valence-electron chi connectivity index (χ0n) is 15.8. The summed E-state index contributed by atoms with van der Waals surface area (Å²) >= 11 is 5.92. The van der Waals surface area contributed by atoms with Gasteiger partial charge < -0.3 is 19.9 Å². The maximum atomic E-state index is 12.4. The van der Waals surface area contributed by atoms with Crippen LogP contribution in [0.2, 0.25) is 5.02 Å². The van der Waals surface area contributed by atoms with Crippen LogP contribution in [0.5, 0.6) is 11.5 Å². The summed E-state index contributed by atoms with van der Waals surface area (Å²) in [6.07, 6.45) is -0.422. The lowest BCUT2D eigenvalue weighted by molar-refractivity contribution is 0.0404. The highest BCUT2D eigenvalue weighted by molar-refractivity contribution is 6.30. The van der Waals surface area contributed by atoms with Crippen molar-refractivity contribution in [1.82, 2.24) is 5.32 Å². The van der Waals surface area contributed by atoms with Crippen LogP contribution in [0, 0.1) is 0 Å². The van der Waals surface area contributed by atoms with Crippen LogP contribution in [0.4, 0.5) is 0 Å². The lowest BCUT2D eigenvalue weighted by atomic mass is 10.2. The topological polar surface area (TPSA) is 67.8 Å². The smallest absolute Gasteiger partial charge is 0.255 e. The van der Waals surface area contributed by atoms with E-state index in [4.69, 9.17) is 21.1 Å². The summed E-state index contributed by atoms with van der Waals surface area (Å²) in [7, 11) is 0. The van der Waals surface area contributed by atoms with Crippen molar-refractivity contribution in [2.45, 2.75) is 12.7 Å². The van der Waals surface area contributed by atoms with Crippen LogP contribution in [-0.2, 0) is 11.3 Å². The van der Waals surface area contributed by atoms with Gasteiger partial charge in [0.1, 0.15) is 17.6 Å². The van der Waals surface area contributed by atoms with Gasteiger partial charge in [0.05, 0.1) is 25.3 Å². The fourth-order valence-corrected chi connectivity index (χ4v) is 2.82. The molecule has 0 aliphatic heterocycles. The number of para-hydroxylation sites is 1. The first-order chi connectivity index (χ1) is 14.1. The molecule has 0 spiro atoms. The summed E-state index contributed by atoms with van der Waals surface area (Å²) in [6.45, 7) is 0.928. The molecule has 1 atom stereocenters. The number of phenolic OH excluding ortho intramolecular Hbond substituents is 1. The maximum absolute atomic E-state index is 12.4. The average molecular weight is 412 g/mol. The Bertz CT molecular complexity index is 916. The second-order valence-corrected chi connectivity index (χ2v) is 6.86. The van der Waals surface area contributed by atoms with Crippen molar-refractivity contribution in [2.24, 2.45) is 0 Å². The first-order valence-corrected chi connectivity index (χ1v) is 9.59. The van der Waals surface area contributed by atoms with Crippen molar-refractivity contribution in [3.05, 3.63) is 95.0 Å². The minimum atomic E-state index is -0.422. The van der Waals surface area contributed by atoms with E-state index in [0.29, 0.717) is 17.4 Å². The monoisotopic (exact) mass is 411 g/mol. The second-order valence-electron chi connectivity index (χ2n) is 6.42. The number of nitrogens with one attached hydrogen (secondary N) is 1. The van der Waals surface area contributed by atoms with Crippen molar-refractivity contribution >= 4 is 17.5 Å². The lowest BCUT2D eigenvalue weighted by Gasteiger charge is -2.20. The van der Waals surface area contributed by atoms with E-state index in [9.17, 15) is 9.90 Å². The van der Waals surface area contributed by atoms with Gasteiger partial charge in [0.2, 0.25) is 0 Å². The summed E-state index contributed by atoms with van der Waals surface area (Å²) in [5, 5.41) is 13.2. The van der Waals surface area contributed by atoms with Gasteiger partial charge in [-0.05, 0) is 42.0 Å². The molecule has 2 N–H and O–H groups in total. The zero-order chi connectivity index (χ0) is 20.5. The fraction of sp³-hybridized carbons (Fsp3) is 0.174. The number of hydrogen-bond acceptors (Lipinski definition) is 4. The van der Waals surface area contributed by atoms with Crippen LogP contribution in [0.25, 0.3) is 0 Å². The molecule has 5 nitrogen and oxygen atoms in total. The van der Waals surface area contributed by atoms with Gasteiger partial charge >= 0.3 is 0 Å². The molecule has 0 unspecified atom stereocenters. The van der Waals surface area contributed by atoms with Crippen LogP contribution in [0.3, 0.4) is 0 Å². The highest BCUT2D eigenvalue weighted by atomic mass is 35.5. The number of hydrogen-bond donors (Lipinski definition) is 2. The number of ether oxygens (including phenoxy) is 2. The third-order valence-electron chi connectivity index (χ3n) is 4.17. The summed E-state index contributed by atoms with van der Waals surface area (Å²) in [4.78, 5) is 12.4. The Morgan fingerprint density at radius 1 is 0.966 bits per heavy atom. The number of benzene rings is 3. The molecule has 0 fully saturated rings. The first kappa shape index (κ1) is 20.7. The number of amides is 1. The Balaban J connectivity index is 1.60. The van der Waals surface area contributed by atoms with E-state index in [1.54, 1.807) is 42.5 Å². The van der Waals surface area contributed by atoms with Crippen LogP contribution in [-0.4, -0.2) is 30.3 Å². The molecule has 0 heterocycles. The van der Waals surface area contributed by atoms with E-state index in [2.05, 4.69) is 5.32 Å². The van der Waals surface area contributed by atoms with Gasteiger partial charge in [-0.2, -0.15) is 0 Å². The molecule has 0 aromatic heterocycles. The minimum absolute atomic E-state index is 0.0690. The van der Waals surface area contributed by atoms with Gasteiger partial charge in [0.15, 0.2) is 0 Å². The lowest BCUT2D eigenvalue weighted by Crippen LogP contribution is -2.38. The maximum Gasteiger partial charge on any atom is 0.255 e. The first-order valence-electron chi connectivity index (χ1n) is 9.22. The summed E-state index contributed by atoms with van der Waals surface area (Å²) in [5.41, 5.74) is 1.26. The van der Waals surface area contributed by atoms with Gasteiger partial charge in [-0.3, -0.25) is 4.79 Å². The molecule has 29 heavy (non-hydrogen) atoms. The predicted molar refractivity (Wildman–Crippen MR) is 112 cm³/mol. The molecule has 3 aromatic rings. The van der Waals surface area contributed by atoms with Crippen molar-refractivity contribution in [2.75, 3.05) is 13.2 Å². The number of phenols is 1. The summed E-state index contributed by atoms with van der Waals surface area (Å²) in [6, 6.07) is 23.2. The summed E-state index contributed by atoms with van der Waals surface area (Å²) < 4.78 is 11.8. The Hall–Kier alpha value is -3.02. The van der Waals surface area contributed by atoms with E-state index >= 15 is 0 Å². The number of halogens is 1. The molecule has 3 aromatic carbocycles. The molecule has 0 radical (unpaired) electrons. The highest BCUT2D eigenvalue weighted by Gasteiger charge is 2.16. The Morgan fingerprint density at radius 2 is 1.66 bits per heavy atom. The van der Waals surface area contributed by atoms with Crippen LogP contribution in [0.15, 0.2) is 78.9 Å². The molecule has 0 saturated heterocycles. The van der Waals surface area contributed by atoms with Gasteiger partial charge in [-0.15, -0.1) is 0 Å². The van der Waals surface area contributed by atoms with Gasteiger partial charge in [0.25, 0.3) is 5.91 Å². The molecule has 3 rings (SSSR count). The molecule has 150 valence electrons. The molecule has 1 amide bonds. The Labute approximate surface area is 174 Å². The molecule has 0 aliphatic carbocycles. The van der Waals surface area contributed by atoms with Crippen molar-refractivity contribution in [1.29, 1.82) is 0 Å². The largest absolute Gasteiger partial charge is 0.507 e. The number of carbonyl (C=O) groups is 1. The van der Waals surface area contributed by atoms with Crippen molar-refractivity contribution < 1.29 is 19.4 Å². The average Bonchev–Trinajstić information content (AvgIpc) is 2.74. The van der Waals surface area contributed by atoms with E-state index in [0.717, 1.165) is 5.56 Å². The number of carbonyl (C=O) groups excluding carboxylic acids is 1. The van der Waals surface area contributed by atoms with Crippen molar-refractivity contribution in [3.63, 3.8) is 0 Å². The minimum Gasteiger partial charge on any atom is -0.507 e. The van der Waals surface area contributed by atoms with E-state index < -0.39 is 6.10 Å². The van der Waals surface area contributed by atoms with Gasteiger partial charge in [0, 0.05) is 5.02 Å². The third-order valence-corrected chi connectivity index (χ3v) is 4.42. The Kier molecular flexibility index (Phi) is 7.50. The van der Waals surface area contributed by atoms with E-state index in [1.807, 2.05) is 30.3 Å². The summed E-state index contributed by atoms with van der Waals surface area (Å²) in [5.74, 6) is 0.177. The highest BCUT2D eigenvalue weighted by Crippen LogP contribution is 2.18. The normalized spacial score (nSPS) is 11.6. The second kappa shape index (κ2) is 10.5. The molecule has 0 saturated carbocycles. The van der Waals surface area contributed by atoms with Crippen molar-refractivity contribution in [3.8, 4) is 11.5 Å². The molecule has 0 aliphatic rings. The van der Waals surface area contributed by atoms with Crippen LogP contribution >= 0.6 is 11.6 Å². The molecule has 0 bridgehead atoms. The predicted octanol–water partition coefficient (Wildman–Crippen LogP) is 4.44. The quantitative estimate of drug-likeness (QED) is 0.546. The van der Waals surface area contributed by atoms with Gasteiger partial charge in [-0.1, -0.05) is 54.1 Å². The number of rotatable bonds is 9. The Morgan fingerprint density at radius 3 is 2.38 bits per heavy atom. The third kappa shape index (κ3) is 6.52. The molecular formula is C23H22ClNO4. The standard InChI is InChI=1S/C23H22ClNO4/c24-18-10-12-19(13-11-18)29-20(16-28-15-17-6-2-1-3-7-17)14-25-23(27)21-8-4-5-9-22(21)26/h1-13,20,26H,14-16H2,(H,25,27)/t20-/m0/s1. The van der Waals surface area contributed by atoms with Crippen LogP contribution in [0.1, 0.15) is 15.9 Å². The fourth-order valence-electron chi connectivity index (χ4n) is 2.69. The van der Waals surface area contributed by atoms with Gasteiger partial charge in [-0.25, -0.2) is 0 Å².